The lowest BCUT2D eigenvalue weighted by molar-refractivity contribution is 0.0924. The molecule has 6 nitrogen and oxygen atoms in total. The van der Waals surface area contributed by atoms with Gasteiger partial charge in [0.25, 0.3) is 5.91 Å². The third-order valence-electron chi connectivity index (χ3n) is 6.23. The molecule has 1 N–H and O–H groups in total. The zero-order valence-electron chi connectivity index (χ0n) is 18.3. The van der Waals surface area contributed by atoms with Gasteiger partial charge < -0.3 is 10.1 Å². The third-order valence-corrected chi connectivity index (χ3v) is 8.24. The van der Waals surface area contributed by atoms with Crippen LogP contribution in [-0.2, 0) is 10.0 Å². The lowest BCUT2D eigenvalue weighted by Crippen LogP contribution is -2.42. The largest absolute Gasteiger partial charge is 0.493 e. The van der Waals surface area contributed by atoms with Gasteiger partial charge in [0, 0.05) is 30.1 Å². The average Bonchev–Trinajstić information content (AvgIpc) is 2.74. The first kappa shape index (κ1) is 21.8. The summed E-state index contributed by atoms with van der Waals surface area (Å²) in [6, 6.07) is 10.3. The van der Waals surface area contributed by atoms with Crippen molar-refractivity contribution in [2.45, 2.75) is 63.4 Å². The number of piperidine rings is 1. The van der Waals surface area contributed by atoms with Crippen LogP contribution in [-0.4, -0.2) is 37.8 Å². The number of benzene rings is 2. The highest BCUT2D eigenvalue weighted by atomic mass is 32.2. The maximum Gasteiger partial charge on any atom is 0.251 e. The van der Waals surface area contributed by atoms with Crippen LogP contribution in [0.3, 0.4) is 0 Å². The van der Waals surface area contributed by atoms with Crippen LogP contribution in [0.1, 0.15) is 65.7 Å². The standard InChI is InChI=1S/C24H30N2O4S/c1-16-13-17(2)23-21(14-16)22(10-12-30-23)25-24(27)19-8-6-9-20(15-19)31(28,29)26-11-5-4-7-18(26)3/h6,8-9,13-15,18,22H,4-5,7,10-12H2,1-3H3,(H,25,27). The van der Waals surface area contributed by atoms with Crippen molar-refractivity contribution in [1.29, 1.82) is 0 Å². The second-order valence-corrected chi connectivity index (χ2v) is 10.5. The smallest absolute Gasteiger partial charge is 0.251 e. The molecule has 166 valence electrons. The van der Waals surface area contributed by atoms with Gasteiger partial charge in [-0.1, -0.05) is 30.2 Å². The van der Waals surface area contributed by atoms with Crippen molar-refractivity contribution in [3.05, 3.63) is 58.7 Å². The Balaban J connectivity index is 1.58. The molecule has 2 unspecified atom stereocenters. The minimum atomic E-state index is -3.63. The average molecular weight is 443 g/mol. The van der Waals surface area contributed by atoms with Gasteiger partial charge in [0.1, 0.15) is 5.75 Å². The molecular formula is C24H30N2O4S. The van der Waals surface area contributed by atoms with Crippen molar-refractivity contribution in [1.82, 2.24) is 9.62 Å². The van der Waals surface area contributed by atoms with E-state index in [0.29, 0.717) is 25.1 Å². The van der Waals surface area contributed by atoms with E-state index in [1.807, 2.05) is 26.8 Å². The maximum atomic E-state index is 13.2. The summed E-state index contributed by atoms with van der Waals surface area (Å²) in [5, 5.41) is 3.09. The van der Waals surface area contributed by atoms with Crippen LogP contribution in [0, 0.1) is 13.8 Å². The van der Waals surface area contributed by atoms with Gasteiger partial charge in [-0.05, 0) is 57.4 Å². The highest BCUT2D eigenvalue weighted by Gasteiger charge is 2.31. The molecule has 2 heterocycles. The van der Waals surface area contributed by atoms with Crippen molar-refractivity contribution >= 4 is 15.9 Å². The van der Waals surface area contributed by atoms with Crippen LogP contribution >= 0.6 is 0 Å². The van der Waals surface area contributed by atoms with Gasteiger partial charge in [0.2, 0.25) is 10.0 Å². The van der Waals surface area contributed by atoms with Crippen LogP contribution in [0.25, 0.3) is 0 Å². The van der Waals surface area contributed by atoms with E-state index in [1.165, 1.54) is 6.07 Å². The van der Waals surface area contributed by atoms with Gasteiger partial charge in [-0.3, -0.25) is 4.79 Å². The molecule has 1 amide bonds. The molecule has 2 aliphatic rings. The van der Waals surface area contributed by atoms with E-state index in [-0.39, 0.29) is 22.9 Å². The number of ether oxygens (including phenoxy) is 1. The number of sulfonamides is 1. The summed E-state index contributed by atoms with van der Waals surface area (Å²) >= 11 is 0. The molecule has 2 aromatic rings. The summed E-state index contributed by atoms with van der Waals surface area (Å²) in [5.74, 6) is 0.554. The zero-order chi connectivity index (χ0) is 22.2. The van der Waals surface area contributed by atoms with E-state index in [0.717, 1.165) is 41.7 Å². The van der Waals surface area contributed by atoms with Crippen molar-refractivity contribution in [2.75, 3.05) is 13.2 Å². The first-order valence-electron chi connectivity index (χ1n) is 10.9. The number of amides is 1. The summed E-state index contributed by atoms with van der Waals surface area (Å²) in [6.45, 7) is 7.03. The Morgan fingerprint density at radius 3 is 2.71 bits per heavy atom. The van der Waals surface area contributed by atoms with Crippen LogP contribution < -0.4 is 10.1 Å². The molecule has 7 heteroatoms. The molecule has 4 rings (SSSR count). The number of hydrogen-bond donors (Lipinski definition) is 1. The topological polar surface area (TPSA) is 75.7 Å². The first-order valence-corrected chi connectivity index (χ1v) is 12.4. The Morgan fingerprint density at radius 2 is 1.94 bits per heavy atom. The number of aryl methyl sites for hydroxylation is 2. The van der Waals surface area contributed by atoms with E-state index < -0.39 is 10.0 Å². The maximum absolute atomic E-state index is 13.2. The van der Waals surface area contributed by atoms with Crippen molar-refractivity contribution in [2.24, 2.45) is 0 Å². The molecule has 0 bridgehead atoms. The van der Waals surface area contributed by atoms with Gasteiger partial charge >= 0.3 is 0 Å². The van der Waals surface area contributed by atoms with E-state index in [2.05, 4.69) is 11.4 Å². The molecule has 31 heavy (non-hydrogen) atoms. The molecule has 1 fully saturated rings. The molecule has 0 spiro atoms. The molecular weight excluding hydrogens is 412 g/mol. The number of nitrogens with zero attached hydrogens (tertiary/aromatic N) is 1. The molecule has 2 aliphatic heterocycles. The minimum Gasteiger partial charge on any atom is -0.493 e. The zero-order valence-corrected chi connectivity index (χ0v) is 19.2. The van der Waals surface area contributed by atoms with Gasteiger partial charge in [-0.15, -0.1) is 0 Å². The molecule has 1 saturated heterocycles. The summed E-state index contributed by atoms with van der Waals surface area (Å²) in [6.07, 6.45) is 3.44. The quantitative estimate of drug-likeness (QED) is 0.773. The van der Waals surface area contributed by atoms with Gasteiger partial charge in [-0.2, -0.15) is 4.31 Å². The number of carbonyl (C=O) groups is 1. The normalized spacial score (nSPS) is 21.8. The number of carbonyl (C=O) groups excluding carboxylic acids is 1. The Hall–Kier alpha value is -2.38. The lowest BCUT2D eigenvalue weighted by Gasteiger charge is -2.32. The predicted octanol–water partition coefficient (Wildman–Crippen LogP) is 4.12. The second kappa shape index (κ2) is 8.63. The fraction of sp³-hybridized carbons (Fsp3) is 0.458. The Bertz CT molecular complexity index is 1100. The number of hydrogen-bond acceptors (Lipinski definition) is 4. The van der Waals surface area contributed by atoms with E-state index in [1.54, 1.807) is 22.5 Å². The van der Waals surface area contributed by atoms with Gasteiger partial charge in [0.05, 0.1) is 17.5 Å². The number of rotatable bonds is 4. The van der Waals surface area contributed by atoms with Gasteiger partial charge in [-0.25, -0.2) is 8.42 Å². The summed E-state index contributed by atoms with van der Waals surface area (Å²) in [7, 11) is -3.63. The van der Waals surface area contributed by atoms with E-state index >= 15 is 0 Å². The Kier molecular flexibility index (Phi) is 6.08. The monoisotopic (exact) mass is 442 g/mol. The number of fused-ring (bicyclic) bond motifs is 1. The third kappa shape index (κ3) is 4.34. The molecule has 0 aliphatic carbocycles. The van der Waals surface area contributed by atoms with E-state index in [4.69, 9.17) is 4.74 Å². The van der Waals surface area contributed by atoms with Crippen LogP contribution in [0.2, 0.25) is 0 Å². The van der Waals surface area contributed by atoms with Crippen molar-refractivity contribution in [3.63, 3.8) is 0 Å². The highest BCUT2D eigenvalue weighted by Crippen LogP contribution is 2.36. The molecule has 0 saturated carbocycles. The lowest BCUT2D eigenvalue weighted by atomic mass is 9.95. The summed E-state index contributed by atoms with van der Waals surface area (Å²) in [5.41, 5.74) is 3.49. The second-order valence-electron chi connectivity index (χ2n) is 8.65. The Morgan fingerprint density at radius 1 is 1.13 bits per heavy atom. The van der Waals surface area contributed by atoms with Crippen LogP contribution in [0.15, 0.2) is 41.3 Å². The van der Waals surface area contributed by atoms with Crippen LogP contribution in [0.4, 0.5) is 0 Å². The molecule has 2 aromatic carbocycles. The Labute approximate surface area is 184 Å². The van der Waals surface area contributed by atoms with Crippen molar-refractivity contribution in [3.8, 4) is 5.75 Å². The number of nitrogens with one attached hydrogen (secondary N) is 1. The fourth-order valence-corrected chi connectivity index (χ4v) is 6.38. The van der Waals surface area contributed by atoms with Crippen molar-refractivity contribution < 1.29 is 17.9 Å². The van der Waals surface area contributed by atoms with E-state index in [9.17, 15) is 13.2 Å². The predicted molar refractivity (Wildman–Crippen MR) is 120 cm³/mol. The molecule has 0 aromatic heterocycles. The van der Waals surface area contributed by atoms with Crippen LogP contribution in [0.5, 0.6) is 5.75 Å². The summed E-state index contributed by atoms with van der Waals surface area (Å²) < 4.78 is 33.8. The first-order chi connectivity index (χ1) is 14.8. The summed E-state index contributed by atoms with van der Waals surface area (Å²) in [4.78, 5) is 13.2. The highest BCUT2D eigenvalue weighted by molar-refractivity contribution is 7.89. The molecule has 2 atom stereocenters. The molecule has 0 radical (unpaired) electrons. The fourth-order valence-electron chi connectivity index (χ4n) is 4.63. The van der Waals surface area contributed by atoms with Gasteiger partial charge in [0.15, 0.2) is 0 Å². The minimum absolute atomic E-state index is 0.0264. The SMILES string of the molecule is Cc1cc(C)c2c(c1)C(NC(=O)c1cccc(S(=O)(=O)N3CCCCC3C)c1)CCO2.